The summed E-state index contributed by atoms with van der Waals surface area (Å²) in [6.45, 7) is 7.57. The third kappa shape index (κ3) is 9.06. The number of likely N-dealkylation sites (tertiary alicyclic amines) is 2. The number of halogens is 2. The van der Waals surface area contributed by atoms with Gasteiger partial charge in [0.05, 0.1) is 23.6 Å². The molecule has 0 radical (unpaired) electrons. The lowest BCUT2D eigenvalue weighted by Crippen LogP contribution is -2.64. The van der Waals surface area contributed by atoms with Gasteiger partial charge < -0.3 is 29.5 Å². The highest BCUT2D eigenvalue weighted by molar-refractivity contribution is 7.99. The summed E-state index contributed by atoms with van der Waals surface area (Å²) in [5.41, 5.74) is 0.787. The van der Waals surface area contributed by atoms with Crippen molar-refractivity contribution < 1.29 is 37.5 Å². The molecule has 306 valence electrons. The number of hydrogen-bond donors (Lipinski definition) is 2. The zero-order chi connectivity index (χ0) is 39.5. The lowest BCUT2D eigenvalue weighted by molar-refractivity contribution is -0.197. The first-order valence-corrected chi connectivity index (χ1v) is 21.1. The molecule has 1 unspecified atom stereocenters. The molecular weight excluding hydrogens is 761 g/mol. The maximum absolute atomic E-state index is 15.3. The van der Waals surface area contributed by atoms with Gasteiger partial charge in [0.2, 0.25) is 0 Å². The first-order chi connectivity index (χ1) is 27.7. The van der Waals surface area contributed by atoms with Crippen LogP contribution in [-0.4, -0.2) is 126 Å². The average molecular weight is 810 g/mol. The molecule has 6 heterocycles. The number of ether oxygens (including phenoxy) is 2. The van der Waals surface area contributed by atoms with Crippen LogP contribution in [0.4, 0.5) is 20.2 Å². The summed E-state index contributed by atoms with van der Waals surface area (Å²) in [4.78, 5) is 67.2. The van der Waals surface area contributed by atoms with E-state index in [4.69, 9.17) is 9.47 Å². The molecule has 3 aromatic rings. The third-order valence-electron chi connectivity index (χ3n) is 12.1. The van der Waals surface area contributed by atoms with E-state index in [0.29, 0.717) is 82.4 Å². The summed E-state index contributed by atoms with van der Waals surface area (Å²) in [6, 6.07) is 7.94. The predicted molar refractivity (Wildman–Crippen MR) is 210 cm³/mol. The second-order valence-electron chi connectivity index (χ2n) is 15.7. The second kappa shape index (κ2) is 17.7. The minimum Gasteiger partial charge on any atom is -0.493 e. The van der Waals surface area contributed by atoms with E-state index < -0.39 is 29.2 Å². The summed E-state index contributed by atoms with van der Waals surface area (Å²) in [5.74, 6) is -0.429. The molecule has 1 atom stereocenters. The normalized spacial score (nSPS) is 22.5. The maximum Gasteiger partial charge on any atom is 0.321 e. The summed E-state index contributed by atoms with van der Waals surface area (Å²) in [7, 11) is 0. The highest BCUT2D eigenvalue weighted by atomic mass is 32.2. The van der Waals surface area contributed by atoms with Crippen LogP contribution in [0.3, 0.4) is 0 Å². The van der Waals surface area contributed by atoms with Crippen molar-refractivity contribution in [3.63, 3.8) is 0 Å². The van der Waals surface area contributed by atoms with Crippen molar-refractivity contribution in [2.75, 3.05) is 69.3 Å². The first-order valence-electron chi connectivity index (χ1n) is 20.0. The van der Waals surface area contributed by atoms with E-state index in [1.165, 1.54) is 12.1 Å². The number of aromatic nitrogens is 2. The Morgan fingerprint density at radius 2 is 1.68 bits per heavy atom. The minimum absolute atomic E-state index is 0.0276. The van der Waals surface area contributed by atoms with Crippen molar-refractivity contribution >= 4 is 52.3 Å². The maximum atomic E-state index is 15.3. The van der Waals surface area contributed by atoms with Gasteiger partial charge in [0.15, 0.2) is 0 Å². The number of imide groups is 1. The highest BCUT2D eigenvalue weighted by Gasteiger charge is 2.39. The number of anilines is 2. The zero-order valence-corrected chi connectivity index (χ0v) is 32.7. The fourth-order valence-corrected chi connectivity index (χ4v) is 9.79. The molecule has 2 N–H and O–H groups in total. The van der Waals surface area contributed by atoms with Crippen molar-refractivity contribution in [1.29, 1.82) is 0 Å². The number of thioether (sulfide) groups is 1. The van der Waals surface area contributed by atoms with Crippen LogP contribution in [0.2, 0.25) is 0 Å². The minimum atomic E-state index is -0.807. The van der Waals surface area contributed by atoms with E-state index >= 15 is 4.39 Å². The third-order valence-corrected chi connectivity index (χ3v) is 13.5. The largest absolute Gasteiger partial charge is 0.493 e. The van der Waals surface area contributed by atoms with Crippen LogP contribution in [-0.2, 0) is 29.7 Å². The molecule has 14 nitrogen and oxygen atoms in total. The van der Waals surface area contributed by atoms with Crippen LogP contribution in [0.15, 0.2) is 35.1 Å². The molecular formula is C40H49F2N7O7S. The molecule has 5 aliphatic heterocycles. The number of aromatic amines is 1. The van der Waals surface area contributed by atoms with Gasteiger partial charge in [0.25, 0.3) is 17.4 Å². The molecule has 5 saturated heterocycles. The Morgan fingerprint density at radius 3 is 2.42 bits per heavy atom. The second-order valence-corrected chi connectivity index (χ2v) is 17.0. The van der Waals surface area contributed by atoms with Gasteiger partial charge in [-0.3, -0.25) is 29.0 Å². The SMILES string of the molecule is O=CON1C(=O)CCC(Nc2ccc(N3CCC(N4CC(N5CCC(SCc6nc7cc(OCC8CCOCC8)cc(F)c7c(=O)[nH]6)CC5)C4)CC3)c(F)c2)C1=O. The number of amides is 2. The number of benzene rings is 2. The fourth-order valence-electron chi connectivity index (χ4n) is 8.72. The number of carbonyl (C=O) groups excluding carboxylic acids is 3. The van der Waals surface area contributed by atoms with Gasteiger partial charge in [-0.15, -0.1) is 5.06 Å². The molecule has 2 aromatic carbocycles. The van der Waals surface area contributed by atoms with Crippen molar-refractivity contribution in [1.82, 2.24) is 24.8 Å². The number of H-pyrrole nitrogens is 1. The summed E-state index contributed by atoms with van der Waals surface area (Å²) < 4.78 is 41.6. The van der Waals surface area contributed by atoms with Gasteiger partial charge in [-0.1, -0.05) is 0 Å². The molecule has 57 heavy (non-hydrogen) atoms. The number of rotatable bonds is 13. The van der Waals surface area contributed by atoms with Crippen molar-refractivity contribution in [2.24, 2.45) is 5.92 Å². The molecule has 0 spiro atoms. The average Bonchev–Trinajstić information content (AvgIpc) is 3.19. The molecule has 5 aliphatic rings. The number of hydrogen-bond acceptors (Lipinski definition) is 13. The van der Waals surface area contributed by atoms with Crippen molar-refractivity contribution in [3.8, 4) is 5.75 Å². The van der Waals surface area contributed by atoms with E-state index in [2.05, 4.69) is 34.8 Å². The van der Waals surface area contributed by atoms with Crippen LogP contribution in [0.1, 0.15) is 57.2 Å². The lowest BCUT2D eigenvalue weighted by atomic mass is 9.95. The number of fused-ring (bicyclic) bond motifs is 1. The Bertz CT molecular complexity index is 2000. The molecule has 2 amide bonds. The summed E-state index contributed by atoms with van der Waals surface area (Å²) in [6.07, 6.45) is 6.09. The number of nitrogens with one attached hydrogen (secondary N) is 2. The lowest BCUT2D eigenvalue weighted by Gasteiger charge is -2.52. The van der Waals surface area contributed by atoms with Gasteiger partial charge in [-0.25, -0.2) is 13.8 Å². The number of nitrogens with zero attached hydrogens (tertiary/aromatic N) is 5. The Labute approximate surface area is 333 Å². The standard InChI is InChI=1S/C40H49F2N7O7S/c41-31-17-26(43-33-2-4-37(51)49(40(33)53)56-24-50)1-3-35(31)47-11-5-27(6-12-47)48-20-28(21-48)46-13-7-30(8-14-46)57-23-36-44-34-19-29(18-32(42)38(34)39(52)45-36)55-22-25-9-15-54-16-10-25/h1,3,17-19,24-25,27-28,30,33,43H,2,4-16,20-23H2,(H,44,45,52). The molecule has 1 aromatic heterocycles. The highest BCUT2D eigenvalue weighted by Crippen LogP contribution is 2.33. The van der Waals surface area contributed by atoms with Gasteiger partial charge in [-0.2, -0.15) is 11.8 Å². The van der Waals surface area contributed by atoms with Gasteiger partial charge >= 0.3 is 6.47 Å². The number of hydroxylamine groups is 2. The van der Waals surface area contributed by atoms with Crippen molar-refractivity contribution in [3.05, 3.63) is 58.1 Å². The van der Waals surface area contributed by atoms with Crippen LogP contribution < -0.4 is 20.5 Å². The van der Waals surface area contributed by atoms with E-state index in [9.17, 15) is 23.6 Å². The topological polar surface area (TPSA) is 150 Å². The van der Waals surface area contributed by atoms with E-state index in [0.717, 1.165) is 77.8 Å². The molecule has 0 bridgehead atoms. The van der Waals surface area contributed by atoms with Gasteiger partial charge in [0.1, 0.15) is 34.6 Å². The smallest absolute Gasteiger partial charge is 0.321 e. The summed E-state index contributed by atoms with van der Waals surface area (Å²) >= 11 is 1.79. The van der Waals surface area contributed by atoms with E-state index in [1.807, 2.05) is 0 Å². The van der Waals surface area contributed by atoms with Crippen LogP contribution in [0.25, 0.3) is 10.9 Å². The number of piperidine rings is 3. The molecule has 17 heteroatoms. The quantitative estimate of drug-likeness (QED) is 0.189. The van der Waals surface area contributed by atoms with E-state index in [-0.39, 0.29) is 30.5 Å². The Balaban J connectivity index is 0.755. The summed E-state index contributed by atoms with van der Waals surface area (Å²) in [5, 5.41) is 3.84. The molecule has 5 fully saturated rings. The fraction of sp³-hybridized carbons (Fsp3) is 0.575. The Hall–Kier alpha value is -4.32. The van der Waals surface area contributed by atoms with Crippen LogP contribution in [0, 0.1) is 17.6 Å². The predicted octanol–water partition coefficient (Wildman–Crippen LogP) is 4.08. The zero-order valence-electron chi connectivity index (χ0n) is 31.8. The molecule has 8 rings (SSSR count). The first kappa shape index (κ1) is 39.5. The Kier molecular flexibility index (Phi) is 12.2. The van der Waals surface area contributed by atoms with Gasteiger partial charge in [-0.05, 0) is 82.2 Å². The monoisotopic (exact) mass is 809 g/mol. The van der Waals surface area contributed by atoms with E-state index in [1.54, 1.807) is 30.0 Å². The molecule has 0 saturated carbocycles. The van der Waals surface area contributed by atoms with Crippen LogP contribution >= 0.6 is 11.8 Å². The van der Waals surface area contributed by atoms with Crippen molar-refractivity contribution in [2.45, 2.75) is 80.5 Å². The van der Waals surface area contributed by atoms with Gasteiger partial charge in [0, 0.05) is 81.0 Å². The number of carbonyl (C=O) groups is 3. The Morgan fingerprint density at radius 1 is 0.912 bits per heavy atom. The van der Waals surface area contributed by atoms with Crippen LogP contribution in [0.5, 0.6) is 5.75 Å². The molecule has 0 aliphatic carbocycles.